The van der Waals surface area contributed by atoms with Crippen molar-refractivity contribution in [2.45, 2.75) is 18.5 Å². The van der Waals surface area contributed by atoms with Crippen LogP contribution in [0.15, 0.2) is 0 Å². The van der Waals surface area contributed by atoms with Gasteiger partial charge in [0.25, 0.3) is 6.47 Å². The van der Waals surface area contributed by atoms with E-state index in [2.05, 4.69) is 0 Å². The highest BCUT2D eigenvalue weighted by Gasteiger charge is 2.55. The molecule has 13 heavy (non-hydrogen) atoms. The van der Waals surface area contributed by atoms with E-state index in [4.69, 9.17) is 15.0 Å². The first-order valence-electron chi connectivity index (χ1n) is 2.46. The molecule has 0 rings (SSSR count). The molecule has 0 fully saturated rings. The van der Waals surface area contributed by atoms with Crippen LogP contribution < -0.4 is 0 Å². The first kappa shape index (κ1) is 14.5. The number of rotatable bonds is 0. The quantitative estimate of drug-likeness (QED) is 0.470. The van der Waals surface area contributed by atoms with Crippen LogP contribution in [-0.2, 0) is 4.79 Å². The molecule has 2 N–H and O–H groups in total. The van der Waals surface area contributed by atoms with Crippen LogP contribution in [0.3, 0.4) is 0 Å². The number of hydrogen-bond donors (Lipinski definition) is 2. The molecular formula is C4H4F6O3. The summed E-state index contributed by atoms with van der Waals surface area (Å²) in [5.74, 6) is 0. The van der Waals surface area contributed by atoms with Gasteiger partial charge in [-0.3, -0.25) is 4.79 Å². The Bertz CT molecular complexity index is 135. The average molecular weight is 214 g/mol. The van der Waals surface area contributed by atoms with E-state index >= 15 is 0 Å². The third-order valence-corrected chi connectivity index (χ3v) is 0.620. The van der Waals surface area contributed by atoms with Gasteiger partial charge in [0.2, 0.25) is 6.10 Å². The van der Waals surface area contributed by atoms with Gasteiger partial charge in [0.15, 0.2) is 0 Å². The third-order valence-electron chi connectivity index (χ3n) is 0.620. The van der Waals surface area contributed by atoms with Gasteiger partial charge in [0.05, 0.1) is 0 Å². The normalized spacial score (nSPS) is 12.0. The predicted molar refractivity (Wildman–Crippen MR) is 26.8 cm³/mol. The molecular weight excluding hydrogens is 210 g/mol. The Kier molecular flexibility index (Phi) is 5.47. The molecule has 0 heterocycles. The molecule has 0 aromatic rings. The van der Waals surface area contributed by atoms with Crippen molar-refractivity contribution in [3.63, 3.8) is 0 Å². The third kappa shape index (κ3) is 7.37. The van der Waals surface area contributed by atoms with Crippen molar-refractivity contribution in [2.24, 2.45) is 0 Å². The summed E-state index contributed by atoms with van der Waals surface area (Å²) in [6.45, 7) is -0.250. The number of halogens is 6. The highest BCUT2D eigenvalue weighted by Crippen LogP contribution is 2.32. The van der Waals surface area contributed by atoms with Crippen molar-refractivity contribution < 1.29 is 41.4 Å². The van der Waals surface area contributed by atoms with E-state index in [1.165, 1.54) is 0 Å². The number of hydrogen-bond acceptors (Lipinski definition) is 2. The monoisotopic (exact) mass is 214 g/mol. The van der Waals surface area contributed by atoms with E-state index in [9.17, 15) is 26.3 Å². The molecule has 80 valence electrons. The van der Waals surface area contributed by atoms with Gasteiger partial charge in [0.1, 0.15) is 0 Å². The molecule has 0 atom stereocenters. The Morgan fingerprint density at radius 3 is 1.15 bits per heavy atom. The summed E-state index contributed by atoms with van der Waals surface area (Å²) in [5.41, 5.74) is 0. The lowest BCUT2D eigenvalue weighted by Crippen LogP contribution is -2.41. The van der Waals surface area contributed by atoms with Crippen molar-refractivity contribution in [1.82, 2.24) is 0 Å². The molecule has 0 bridgehead atoms. The summed E-state index contributed by atoms with van der Waals surface area (Å²) >= 11 is 0. The smallest absolute Gasteiger partial charge is 0.423 e. The van der Waals surface area contributed by atoms with Gasteiger partial charge in [0, 0.05) is 0 Å². The maximum absolute atomic E-state index is 11.0. The summed E-state index contributed by atoms with van der Waals surface area (Å²) < 4.78 is 65.9. The second-order valence-electron chi connectivity index (χ2n) is 1.59. The highest BCUT2D eigenvalue weighted by molar-refractivity contribution is 5.32. The maximum Gasteiger partial charge on any atom is 0.423 e. The molecule has 0 amide bonds. The molecule has 0 aromatic carbocycles. The van der Waals surface area contributed by atoms with Gasteiger partial charge < -0.3 is 10.2 Å². The van der Waals surface area contributed by atoms with Gasteiger partial charge in [-0.15, -0.1) is 0 Å². The Labute approximate surface area is 67.6 Å². The zero-order valence-electron chi connectivity index (χ0n) is 5.73. The van der Waals surface area contributed by atoms with E-state index < -0.39 is 18.5 Å². The van der Waals surface area contributed by atoms with Gasteiger partial charge >= 0.3 is 12.4 Å². The van der Waals surface area contributed by atoms with E-state index in [-0.39, 0.29) is 6.47 Å². The molecule has 0 saturated heterocycles. The molecule has 3 nitrogen and oxygen atoms in total. The minimum Gasteiger partial charge on any atom is -0.483 e. The molecule has 0 spiro atoms. The van der Waals surface area contributed by atoms with Crippen LogP contribution in [0, 0.1) is 0 Å². The average Bonchev–Trinajstić information content (AvgIpc) is 1.84. The Balaban J connectivity index is 0. The molecule has 0 aromatic heterocycles. The number of alkyl halides is 6. The molecule has 0 unspecified atom stereocenters. The summed E-state index contributed by atoms with van der Waals surface area (Å²) in [6, 6.07) is 0. The van der Waals surface area contributed by atoms with Crippen molar-refractivity contribution in [3.8, 4) is 0 Å². The lowest BCUT2D eigenvalue weighted by Gasteiger charge is -2.16. The molecule has 0 aliphatic rings. The summed E-state index contributed by atoms with van der Waals surface area (Å²) in [6.07, 6.45) is -15.5. The van der Waals surface area contributed by atoms with Crippen LogP contribution in [0.4, 0.5) is 26.3 Å². The molecule has 0 saturated carbocycles. The molecule has 9 heteroatoms. The van der Waals surface area contributed by atoms with E-state index in [1.807, 2.05) is 0 Å². The van der Waals surface area contributed by atoms with Crippen molar-refractivity contribution >= 4 is 6.47 Å². The minimum atomic E-state index is -5.63. The first-order chi connectivity index (χ1) is 5.57. The van der Waals surface area contributed by atoms with Crippen LogP contribution in [0.1, 0.15) is 0 Å². The second-order valence-corrected chi connectivity index (χ2v) is 1.59. The minimum absolute atomic E-state index is 0.250. The second kappa shape index (κ2) is 4.90. The Morgan fingerprint density at radius 1 is 1.00 bits per heavy atom. The van der Waals surface area contributed by atoms with E-state index in [1.54, 1.807) is 0 Å². The van der Waals surface area contributed by atoms with Crippen molar-refractivity contribution in [1.29, 1.82) is 0 Å². The predicted octanol–water partition coefficient (Wildman–Crippen LogP) is 1.17. The van der Waals surface area contributed by atoms with Crippen LogP contribution in [-0.4, -0.2) is 35.1 Å². The van der Waals surface area contributed by atoms with E-state index in [0.717, 1.165) is 0 Å². The molecule has 0 radical (unpaired) electrons. The fourth-order valence-electron chi connectivity index (χ4n) is 0.186. The van der Waals surface area contributed by atoms with Crippen LogP contribution in [0.5, 0.6) is 0 Å². The van der Waals surface area contributed by atoms with Crippen LogP contribution >= 0.6 is 0 Å². The standard InChI is InChI=1S/C3H2F6O.CH2O2/c4-2(5,6)1(10)3(7,8)9;2-1-3/h1,10H;1H,(H,2,3). The fraction of sp³-hybridized carbons (Fsp3) is 0.750. The number of aliphatic hydroxyl groups excluding tert-OH is 1. The maximum atomic E-state index is 11.0. The van der Waals surface area contributed by atoms with Gasteiger partial charge in [-0.05, 0) is 0 Å². The summed E-state index contributed by atoms with van der Waals surface area (Å²) in [4.78, 5) is 8.36. The van der Waals surface area contributed by atoms with E-state index in [0.29, 0.717) is 0 Å². The Morgan fingerprint density at radius 2 is 1.15 bits per heavy atom. The number of carboxylic acid groups (broad SMARTS) is 1. The SMILES string of the molecule is O=CO.OC(C(F)(F)F)C(F)(F)F. The van der Waals surface area contributed by atoms with Crippen LogP contribution in [0.2, 0.25) is 0 Å². The summed E-state index contributed by atoms with van der Waals surface area (Å²) in [7, 11) is 0. The molecule has 0 aliphatic heterocycles. The zero-order valence-corrected chi connectivity index (χ0v) is 5.73. The van der Waals surface area contributed by atoms with Crippen molar-refractivity contribution in [3.05, 3.63) is 0 Å². The summed E-state index contributed by atoms with van der Waals surface area (Å²) in [5, 5.41) is 14.4. The fourth-order valence-corrected chi connectivity index (χ4v) is 0.186. The van der Waals surface area contributed by atoms with Crippen LogP contribution in [0.25, 0.3) is 0 Å². The first-order valence-corrected chi connectivity index (χ1v) is 2.46. The zero-order chi connectivity index (χ0) is 11.3. The van der Waals surface area contributed by atoms with Gasteiger partial charge in [-0.1, -0.05) is 0 Å². The topological polar surface area (TPSA) is 57.5 Å². The van der Waals surface area contributed by atoms with Crippen molar-refractivity contribution in [2.75, 3.05) is 0 Å². The highest BCUT2D eigenvalue weighted by atomic mass is 19.4. The number of aliphatic hydroxyl groups is 1. The Hall–Kier alpha value is -0.990. The largest absolute Gasteiger partial charge is 0.483 e. The number of carbonyl (C=O) groups is 1. The van der Waals surface area contributed by atoms with Gasteiger partial charge in [-0.25, -0.2) is 0 Å². The van der Waals surface area contributed by atoms with Gasteiger partial charge in [-0.2, -0.15) is 26.3 Å². The lowest BCUT2D eigenvalue weighted by molar-refractivity contribution is -0.308. The lowest BCUT2D eigenvalue weighted by atomic mass is 10.3. The molecule has 0 aliphatic carbocycles.